The summed E-state index contributed by atoms with van der Waals surface area (Å²) in [5.41, 5.74) is 0. The molecule has 1 unspecified atom stereocenters. The Kier molecular flexibility index (Phi) is 12.3. The Morgan fingerprint density at radius 2 is 1.29 bits per heavy atom. The fourth-order valence-electron chi connectivity index (χ4n) is 3.50. The zero-order valence-electron chi connectivity index (χ0n) is 14.8. The van der Waals surface area contributed by atoms with E-state index in [1.54, 1.807) is 0 Å². The maximum absolute atomic E-state index is 3.62. The van der Waals surface area contributed by atoms with E-state index in [-0.39, 0.29) is 0 Å². The van der Waals surface area contributed by atoms with Gasteiger partial charge in [0.25, 0.3) is 0 Å². The molecule has 1 rings (SSSR count). The Hall–Kier alpha value is -0.0800. The summed E-state index contributed by atoms with van der Waals surface area (Å²) in [7, 11) is 0. The van der Waals surface area contributed by atoms with E-state index in [1.807, 2.05) is 0 Å². The van der Waals surface area contributed by atoms with Gasteiger partial charge in [-0.3, -0.25) is 4.90 Å². The molecule has 2 nitrogen and oxygen atoms in total. The molecule has 1 fully saturated rings. The predicted octanol–water partition coefficient (Wildman–Crippen LogP) is 5.33. The van der Waals surface area contributed by atoms with Crippen molar-refractivity contribution in [3.8, 4) is 0 Å². The van der Waals surface area contributed by atoms with Gasteiger partial charge < -0.3 is 5.32 Å². The lowest BCUT2D eigenvalue weighted by Crippen LogP contribution is -2.35. The van der Waals surface area contributed by atoms with E-state index in [4.69, 9.17) is 0 Å². The lowest BCUT2D eigenvalue weighted by atomic mass is 10.0. The summed E-state index contributed by atoms with van der Waals surface area (Å²) in [5.74, 6) is 0. The molecule has 0 bridgehead atoms. The Balaban J connectivity index is 1.76. The van der Waals surface area contributed by atoms with Crippen molar-refractivity contribution in [1.29, 1.82) is 0 Å². The van der Waals surface area contributed by atoms with Crippen LogP contribution in [0, 0.1) is 0 Å². The zero-order chi connectivity index (χ0) is 15.2. The van der Waals surface area contributed by atoms with Crippen LogP contribution in [0.5, 0.6) is 0 Å². The van der Waals surface area contributed by atoms with Crippen LogP contribution >= 0.6 is 0 Å². The fraction of sp³-hybridized carbons (Fsp3) is 1.00. The van der Waals surface area contributed by atoms with Gasteiger partial charge >= 0.3 is 0 Å². The third-order valence-electron chi connectivity index (χ3n) is 4.96. The van der Waals surface area contributed by atoms with Gasteiger partial charge in [0.05, 0.1) is 6.17 Å². The highest BCUT2D eigenvalue weighted by Crippen LogP contribution is 2.15. The van der Waals surface area contributed by atoms with Gasteiger partial charge in [-0.2, -0.15) is 0 Å². The Morgan fingerprint density at radius 3 is 1.81 bits per heavy atom. The van der Waals surface area contributed by atoms with E-state index in [1.165, 1.54) is 103 Å². The molecule has 1 aliphatic heterocycles. The van der Waals surface area contributed by atoms with Crippen LogP contribution in [-0.2, 0) is 0 Å². The highest BCUT2D eigenvalue weighted by Gasteiger charge is 2.20. The average Bonchev–Trinajstić information content (AvgIpc) is 2.96. The summed E-state index contributed by atoms with van der Waals surface area (Å²) in [6.07, 6.45) is 19.4. The van der Waals surface area contributed by atoms with Crippen LogP contribution in [0.25, 0.3) is 0 Å². The molecule has 0 saturated carbocycles. The summed E-state index contributed by atoms with van der Waals surface area (Å²) < 4.78 is 0. The smallest absolute Gasteiger partial charge is 0.0597 e. The van der Waals surface area contributed by atoms with Crippen molar-refractivity contribution >= 4 is 0 Å². The van der Waals surface area contributed by atoms with Gasteiger partial charge in [0.1, 0.15) is 0 Å². The highest BCUT2D eigenvalue weighted by molar-refractivity contribution is 4.76. The number of nitrogens with zero attached hydrogens (tertiary/aromatic N) is 1. The quantitative estimate of drug-likeness (QED) is 0.436. The summed E-state index contributed by atoms with van der Waals surface area (Å²) in [4.78, 5) is 2.58. The van der Waals surface area contributed by atoms with Gasteiger partial charge in [-0.15, -0.1) is 0 Å². The van der Waals surface area contributed by atoms with E-state index in [0.717, 1.165) is 0 Å². The van der Waals surface area contributed by atoms with Gasteiger partial charge in [0.15, 0.2) is 0 Å². The van der Waals surface area contributed by atoms with E-state index >= 15 is 0 Å². The van der Waals surface area contributed by atoms with Crippen LogP contribution in [0.15, 0.2) is 0 Å². The molecule has 1 heterocycles. The van der Waals surface area contributed by atoms with Crippen molar-refractivity contribution in [3.05, 3.63) is 0 Å². The first kappa shape index (κ1) is 19.0. The van der Waals surface area contributed by atoms with Crippen LogP contribution in [-0.4, -0.2) is 30.7 Å². The van der Waals surface area contributed by atoms with Crippen LogP contribution in [0.1, 0.15) is 97.3 Å². The van der Waals surface area contributed by atoms with Crippen molar-refractivity contribution < 1.29 is 0 Å². The molecule has 21 heavy (non-hydrogen) atoms. The SMILES string of the molecule is CCCCCCCCCCCCCCC1NCCN1CC. The third-order valence-corrected chi connectivity index (χ3v) is 4.96. The molecule has 126 valence electrons. The first-order chi connectivity index (χ1) is 10.4. The number of rotatable bonds is 14. The second-order valence-corrected chi connectivity index (χ2v) is 6.78. The number of unbranched alkanes of at least 4 members (excludes halogenated alkanes) is 11. The highest BCUT2D eigenvalue weighted by atomic mass is 15.3. The molecule has 0 aliphatic carbocycles. The van der Waals surface area contributed by atoms with Crippen molar-refractivity contribution in [3.63, 3.8) is 0 Å². The molecule has 2 heteroatoms. The predicted molar refractivity (Wildman–Crippen MR) is 94.7 cm³/mol. The Morgan fingerprint density at radius 1 is 0.762 bits per heavy atom. The third kappa shape index (κ3) is 9.52. The summed E-state index contributed by atoms with van der Waals surface area (Å²) >= 11 is 0. The lowest BCUT2D eigenvalue weighted by Gasteiger charge is -2.22. The minimum Gasteiger partial charge on any atom is -0.300 e. The van der Waals surface area contributed by atoms with Crippen LogP contribution in [0.3, 0.4) is 0 Å². The van der Waals surface area contributed by atoms with E-state index in [0.29, 0.717) is 6.17 Å². The Bertz CT molecular complexity index is 218. The standard InChI is InChI=1S/C19H40N2/c1-3-5-6-7-8-9-10-11-12-13-14-15-16-19-20-17-18-21(19)4-2/h19-20H,3-18H2,1-2H3. The molecule has 1 saturated heterocycles. The maximum Gasteiger partial charge on any atom is 0.0597 e. The molecule has 0 aromatic rings. The van der Waals surface area contributed by atoms with Crippen LogP contribution in [0.4, 0.5) is 0 Å². The molecule has 0 amide bonds. The fourth-order valence-corrected chi connectivity index (χ4v) is 3.50. The largest absolute Gasteiger partial charge is 0.300 e. The van der Waals surface area contributed by atoms with E-state index in [2.05, 4.69) is 24.1 Å². The minimum absolute atomic E-state index is 0.679. The number of nitrogens with one attached hydrogen (secondary N) is 1. The van der Waals surface area contributed by atoms with Crippen molar-refractivity contribution in [2.75, 3.05) is 19.6 Å². The topological polar surface area (TPSA) is 15.3 Å². The molecule has 1 aliphatic rings. The second-order valence-electron chi connectivity index (χ2n) is 6.78. The summed E-state index contributed by atoms with van der Waals surface area (Å²) in [6, 6.07) is 0. The van der Waals surface area contributed by atoms with Gasteiger partial charge in [-0.05, 0) is 13.0 Å². The number of hydrogen-bond acceptors (Lipinski definition) is 2. The first-order valence-corrected chi connectivity index (χ1v) is 9.86. The number of hydrogen-bond donors (Lipinski definition) is 1. The normalized spacial score (nSPS) is 19.4. The molecule has 0 aromatic heterocycles. The maximum atomic E-state index is 3.62. The van der Waals surface area contributed by atoms with Crippen LogP contribution in [0.2, 0.25) is 0 Å². The molecule has 1 atom stereocenters. The van der Waals surface area contributed by atoms with Crippen molar-refractivity contribution in [1.82, 2.24) is 10.2 Å². The Labute approximate surface area is 134 Å². The average molecular weight is 297 g/mol. The molecular formula is C19H40N2. The minimum atomic E-state index is 0.679. The van der Waals surface area contributed by atoms with Gasteiger partial charge in [0, 0.05) is 13.1 Å². The van der Waals surface area contributed by atoms with Crippen molar-refractivity contribution in [2.24, 2.45) is 0 Å². The second kappa shape index (κ2) is 13.6. The zero-order valence-corrected chi connectivity index (χ0v) is 14.8. The summed E-state index contributed by atoms with van der Waals surface area (Å²) in [6.45, 7) is 8.22. The molecular weight excluding hydrogens is 256 g/mol. The van der Waals surface area contributed by atoms with E-state index < -0.39 is 0 Å². The lowest BCUT2D eigenvalue weighted by molar-refractivity contribution is 0.236. The van der Waals surface area contributed by atoms with Gasteiger partial charge in [-0.1, -0.05) is 90.9 Å². The van der Waals surface area contributed by atoms with Crippen molar-refractivity contribution in [2.45, 2.75) is 103 Å². The molecule has 0 aromatic carbocycles. The van der Waals surface area contributed by atoms with Crippen LogP contribution < -0.4 is 5.32 Å². The monoisotopic (exact) mass is 296 g/mol. The molecule has 1 N–H and O–H groups in total. The van der Waals surface area contributed by atoms with Gasteiger partial charge in [0.2, 0.25) is 0 Å². The first-order valence-electron chi connectivity index (χ1n) is 9.86. The van der Waals surface area contributed by atoms with Gasteiger partial charge in [-0.25, -0.2) is 0 Å². The molecule has 0 spiro atoms. The summed E-state index contributed by atoms with van der Waals surface area (Å²) in [5, 5.41) is 3.62. The van der Waals surface area contributed by atoms with E-state index in [9.17, 15) is 0 Å². The number of likely N-dealkylation sites (N-methyl/N-ethyl adjacent to an activating group) is 1. The molecule has 0 radical (unpaired) electrons.